The van der Waals surface area contributed by atoms with Crippen molar-refractivity contribution in [2.24, 2.45) is 0 Å². The van der Waals surface area contributed by atoms with Crippen LogP contribution >= 0.6 is 11.9 Å². The predicted molar refractivity (Wildman–Crippen MR) is 47.4 cm³/mol. The molecular formula is C7H8N4S. The van der Waals surface area contributed by atoms with E-state index in [1.54, 1.807) is 37.0 Å². The second-order valence-corrected chi connectivity index (χ2v) is 3.20. The van der Waals surface area contributed by atoms with Crippen molar-refractivity contribution in [2.45, 2.75) is 5.88 Å². The summed E-state index contributed by atoms with van der Waals surface area (Å²) in [5, 5.41) is 0. The molecular weight excluding hydrogens is 172 g/mol. The van der Waals surface area contributed by atoms with Gasteiger partial charge in [0.15, 0.2) is 0 Å². The third-order valence-corrected chi connectivity index (χ3v) is 2.32. The Kier molecular flexibility index (Phi) is 2.13. The average Bonchev–Trinajstić information content (AvgIpc) is 2.74. The van der Waals surface area contributed by atoms with Gasteiger partial charge in [-0.15, -0.1) is 0 Å². The summed E-state index contributed by atoms with van der Waals surface area (Å²) in [7, 11) is 0. The fraction of sp³-hybridized carbons (Fsp3) is 0.143. The average molecular weight is 180 g/mol. The zero-order chi connectivity index (χ0) is 8.23. The third-order valence-electron chi connectivity index (χ3n) is 1.40. The molecule has 4 nitrogen and oxygen atoms in total. The van der Waals surface area contributed by atoms with Crippen molar-refractivity contribution >= 4 is 11.9 Å². The molecule has 0 saturated carbocycles. The van der Waals surface area contributed by atoms with E-state index in [1.165, 1.54) is 0 Å². The monoisotopic (exact) mass is 180 g/mol. The summed E-state index contributed by atoms with van der Waals surface area (Å²) in [5.41, 5.74) is 0. The Morgan fingerprint density at radius 2 is 1.92 bits per heavy atom. The first-order valence-corrected chi connectivity index (χ1v) is 4.46. The number of hydrogen-bond donors (Lipinski definition) is 0. The molecule has 0 radical (unpaired) electrons. The summed E-state index contributed by atoms with van der Waals surface area (Å²) in [6.45, 7) is 0. The first-order valence-electron chi connectivity index (χ1n) is 3.52. The summed E-state index contributed by atoms with van der Waals surface area (Å²) in [5.74, 6) is 0.858. The lowest BCUT2D eigenvalue weighted by atomic mass is 10.9. The molecule has 2 aromatic heterocycles. The molecule has 0 aliphatic rings. The highest BCUT2D eigenvalue weighted by Crippen LogP contribution is 2.07. The molecule has 12 heavy (non-hydrogen) atoms. The smallest absolute Gasteiger partial charge is 0.105 e. The van der Waals surface area contributed by atoms with E-state index in [0.717, 1.165) is 5.88 Å². The third kappa shape index (κ3) is 1.68. The summed E-state index contributed by atoms with van der Waals surface area (Å²) in [6, 6.07) is 0. The van der Waals surface area contributed by atoms with Gasteiger partial charge in [-0.25, -0.2) is 9.97 Å². The van der Waals surface area contributed by atoms with E-state index < -0.39 is 0 Å². The Hall–Kier alpha value is -1.23. The fourth-order valence-electron chi connectivity index (χ4n) is 0.820. The van der Waals surface area contributed by atoms with Crippen molar-refractivity contribution in [1.29, 1.82) is 0 Å². The van der Waals surface area contributed by atoms with Gasteiger partial charge >= 0.3 is 0 Å². The minimum Gasteiger partial charge on any atom is -0.326 e. The molecule has 0 amide bonds. The number of nitrogens with zero attached hydrogens (tertiary/aromatic N) is 4. The fourth-order valence-corrected chi connectivity index (χ4v) is 1.50. The minimum atomic E-state index is 0.858. The topological polar surface area (TPSA) is 35.6 Å². The van der Waals surface area contributed by atoms with Crippen LogP contribution in [0.25, 0.3) is 0 Å². The molecule has 0 fully saturated rings. The van der Waals surface area contributed by atoms with Crippen molar-refractivity contribution in [1.82, 2.24) is 18.5 Å². The van der Waals surface area contributed by atoms with E-state index in [9.17, 15) is 0 Å². The van der Waals surface area contributed by atoms with Crippen molar-refractivity contribution < 1.29 is 0 Å². The van der Waals surface area contributed by atoms with Crippen molar-refractivity contribution in [2.75, 3.05) is 0 Å². The van der Waals surface area contributed by atoms with Gasteiger partial charge in [0.1, 0.15) is 6.33 Å². The van der Waals surface area contributed by atoms with Crippen LogP contribution in [-0.4, -0.2) is 18.5 Å². The predicted octanol–water partition coefficient (Wildman–Crippen LogP) is 1.23. The molecule has 0 atom stereocenters. The normalized spacial score (nSPS) is 10.3. The van der Waals surface area contributed by atoms with Crippen LogP contribution < -0.4 is 0 Å². The largest absolute Gasteiger partial charge is 0.326 e. The lowest BCUT2D eigenvalue weighted by Crippen LogP contribution is -1.92. The number of aromatic nitrogens is 4. The van der Waals surface area contributed by atoms with Gasteiger partial charge in [0.25, 0.3) is 0 Å². The lowest BCUT2D eigenvalue weighted by Gasteiger charge is -2.00. The van der Waals surface area contributed by atoms with Gasteiger partial charge in [0, 0.05) is 24.8 Å². The maximum absolute atomic E-state index is 3.95. The standard InChI is InChI=1S/C7H8N4S/c1-3-10(5-8-1)7-12-11-4-2-9-6-11/h1-6H,7H2. The minimum absolute atomic E-state index is 0.858. The van der Waals surface area contributed by atoms with Gasteiger partial charge in [-0.3, -0.25) is 3.97 Å². The molecule has 0 aliphatic heterocycles. The summed E-state index contributed by atoms with van der Waals surface area (Å²) in [4.78, 5) is 7.89. The molecule has 0 bridgehead atoms. The van der Waals surface area contributed by atoms with E-state index in [1.807, 2.05) is 20.9 Å². The van der Waals surface area contributed by atoms with Crippen LogP contribution in [0.3, 0.4) is 0 Å². The Bertz CT molecular complexity index is 279. The van der Waals surface area contributed by atoms with Gasteiger partial charge in [0.05, 0.1) is 12.2 Å². The van der Waals surface area contributed by atoms with Crippen LogP contribution in [-0.2, 0) is 5.88 Å². The van der Waals surface area contributed by atoms with Gasteiger partial charge in [-0.2, -0.15) is 0 Å². The first-order chi connectivity index (χ1) is 5.95. The number of hydrogen-bond acceptors (Lipinski definition) is 3. The van der Waals surface area contributed by atoms with Gasteiger partial charge in [-0.05, 0) is 11.9 Å². The second kappa shape index (κ2) is 3.44. The van der Waals surface area contributed by atoms with Crippen LogP contribution in [0.2, 0.25) is 0 Å². The van der Waals surface area contributed by atoms with E-state index in [0.29, 0.717) is 0 Å². The molecule has 0 aliphatic carbocycles. The van der Waals surface area contributed by atoms with Crippen LogP contribution in [0.4, 0.5) is 0 Å². The van der Waals surface area contributed by atoms with Crippen LogP contribution in [0.5, 0.6) is 0 Å². The van der Waals surface area contributed by atoms with Gasteiger partial charge in [0.2, 0.25) is 0 Å². The molecule has 62 valence electrons. The van der Waals surface area contributed by atoms with Crippen LogP contribution in [0.1, 0.15) is 0 Å². The quantitative estimate of drug-likeness (QED) is 0.712. The van der Waals surface area contributed by atoms with Crippen molar-refractivity contribution in [3.8, 4) is 0 Å². The molecule has 0 saturated heterocycles. The van der Waals surface area contributed by atoms with Crippen LogP contribution in [0.15, 0.2) is 37.4 Å². The molecule has 2 aromatic rings. The highest BCUT2D eigenvalue weighted by Gasteiger charge is 1.91. The van der Waals surface area contributed by atoms with Gasteiger partial charge in [-0.1, -0.05) is 0 Å². The molecule has 2 rings (SSSR count). The second-order valence-electron chi connectivity index (χ2n) is 2.26. The SMILES string of the molecule is c1cn(CSn2ccnc2)cn1. The van der Waals surface area contributed by atoms with E-state index >= 15 is 0 Å². The summed E-state index contributed by atoms with van der Waals surface area (Å²) in [6.07, 6.45) is 11.0. The molecule has 0 spiro atoms. The zero-order valence-electron chi connectivity index (χ0n) is 6.37. The first kappa shape index (κ1) is 7.42. The van der Waals surface area contributed by atoms with Gasteiger partial charge < -0.3 is 4.57 Å². The Balaban J connectivity index is 1.91. The molecule has 2 heterocycles. The highest BCUT2D eigenvalue weighted by atomic mass is 32.2. The van der Waals surface area contributed by atoms with E-state index in [2.05, 4.69) is 9.97 Å². The molecule has 0 unspecified atom stereocenters. The van der Waals surface area contributed by atoms with Crippen LogP contribution in [0, 0.1) is 0 Å². The van der Waals surface area contributed by atoms with E-state index in [4.69, 9.17) is 0 Å². The Morgan fingerprint density at radius 1 is 1.08 bits per heavy atom. The maximum Gasteiger partial charge on any atom is 0.105 e. The molecule has 5 heteroatoms. The van der Waals surface area contributed by atoms with E-state index in [-0.39, 0.29) is 0 Å². The molecule has 0 aromatic carbocycles. The highest BCUT2D eigenvalue weighted by molar-refractivity contribution is 7.96. The zero-order valence-corrected chi connectivity index (χ0v) is 7.18. The summed E-state index contributed by atoms with van der Waals surface area (Å²) >= 11 is 1.66. The molecule has 0 N–H and O–H groups in total. The number of rotatable bonds is 3. The van der Waals surface area contributed by atoms with Crippen molar-refractivity contribution in [3.05, 3.63) is 37.4 Å². The Labute approximate surface area is 74.4 Å². The maximum atomic E-state index is 3.95. The lowest BCUT2D eigenvalue weighted by molar-refractivity contribution is 0.884. The number of imidazole rings is 2. The van der Waals surface area contributed by atoms with Crippen molar-refractivity contribution in [3.63, 3.8) is 0 Å². The summed E-state index contributed by atoms with van der Waals surface area (Å²) < 4.78 is 3.96. The Morgan fingerprint density at radius 3 is 2.58 bits per heavy atom.